The van der Waals surface area contributed by atoms with Gasteiger partial charge in [-0.3, -0.25) is 0 Å². The van der Waals surface area contributed by atoms with Gasteiger partial charge in [-0.05, 0) is 55.0 Å². The molecule has 0 radical (unpaired) electrons. The first-order valence-electron chi connectivity index (χ1n) is 12.2. The molecule has 0 aliphatic heterocycles. The average molecular weight is 431 g/mol. The van der Waals surface area contributed by atoms with E-state index < -0.39 is 0 Å². The van der Waals surface area contributed by atoms with Crippen molar-refractivity contribution in [3.05, 3.63) is 82.9 Å². The number of hydrogen-bond acceptors (Lipinski definition) is 1. The van der Waals surface area contributed by atoms with Crippen LogP contribution >= 0.6 is 0 Å². The second-order valence-corrected chi connectivity index (χ2v) is 12.4. The normalized spacial score (nSPS) is 20.5. The highest BCUT2D eigenvalue weighted by Crippen LogP contribution is 2.49. The van der Waals surface area contributed by atoms with E-state index in [1.807, 2.05) is 0 Å². The maximum atomic E-state index is 5.87. The lowest BCUT2D eigenvalue weighted by molar-refractivity contribution is -0.00471. The summed E-state index contributed by atoms with van der Waals surface area (Å²) in [5.41, 5.74) is 6.73. The second-order valence-electron chi connectivity index (χ2n) is 10.2. The molecule has 164 valence electrons. The quantitative estimate of drug-likeness (QED) is 0.283. The Bertz CT molecular complexity index is 859. The molecule has 2 unspecified atom stereocenters. The summed E-state index contributed by atoms with van der Waals surface area (Å²) in [6.07, 6.45) is 15.0. The third-order valence-corrected chi connectivity index (χ3v) is 9.41. The van der Waals surface area contributed by atoms with Gasteiger partial charge >= 0.3 is 0 Å². The topological polar surface area (TPSA) is 9.23 Å². The number of hydrogen-bond donors (Lipinski definition) is 0. The molecule has 0 heterocycles. The Kier molecular flexibility index (Phi) is 7.30. The second kappa shape index (κ2) is 10.1. The summed E-state index contributed by atoms with van der Waals surface area (Å²) in [5, 5.41) is 0. The molecule has 31 heavy (non-hydrogen) atoms. The molecule has 1 nitrogen and oxygen atoms in total. The molecule has 0 saturated carbocycles. The van der Waals surface area contributed by atoms with Gasteiger partial charge in [0.05, 0.1) is 5.60 Å². The van der Waals surface area contributed by atoms with E-state index in [1.54, 1.807) is 11.1 Å². The van der Waals surface area contributed by atoms with E-state index in [2.05, 4.69) is 93.6 Å². The lowest BCUT2D eigenvalue weighted by Crippen LogP contribution is -2.19. The summed E-state index contributed by atoms with van der Waals surface area (Å²) in [5.74, 6) is 1.17. The number of benzene rings is 2. The lowest BCUT2D eigenvalue weighted by Gasteiger charge is -2.29. The molecule has 2 aliphatic carbocycles. The Hall–Kier alpha value is -1.90. The molecule has 0 aromatic heterocycles. The van der Waals surface area contributed by atoms with Gasteiger partial charge in [0.2, 0.25) is 0 Å². The fourth-order valence-electron chi connectivity index (χ4n) is 5.27. The highest BCUT2D eigenvalue weighted by Gasteiger charge is 2.33. The van der Waals surface area contributed by atoms with Crippen molar-refractivity contribution in [2.24, 2.45) is 0 Å². The van der Waals surface area contributed by atoms with Crippen molar-refractivity contribution in [3.8, 4) is 0 Å². The fourth-order valence-corrected chi connectivity index (χ4v) is 7.93. The van der Waals surface area contributed by atoms with Crippen molar-refractivity contribution in [3.63, 3.8) is 0 Å². The standard InChI is InChI=1S/C29H38OSi/c1-29(2,3)30-20-10-4-5-11-21-31-28(26-18-16-22-12-6-8-14-24(22)26)27-19-17-23-13-7-9-15-25(23)27/h6-9,12-19,26-28H,4-5,10-11,20-21,31H2,1-3H3. The Labute approximate surface area is 191 Å². The Morgan fingerprint density at radius 2 is 1.32 bits per heavy atom. The van der Waals surface area contributed by atoms with E-state index in [1.165, 1.54) is 42.9 Å². The first-order chi connectivity index (χ1) is 15.0. The number of unbranched alkanes of at least 4 members (excludes halogenated alkanes) is 3. The van der Waals surface area contributed by atoms with Crippen LogP contribution in [-0.2, 0) is 4.74 Å². The Morgan fingerprint density at radius 3 is 1.90 bits per heavy atom. The van der Waals surface area contributed by atoms with E-state index in [4.69, 9.17) is 4.74 Å². The zero-order chi connectivity index (χ0) is 21.7. The molecule has 2 aromatic carbocycles. The van der Waals surface area contributed by atoms with Crippen LogP contribution < -0.4 is 0 Å². The average Bonchev–Trinajstić information content (AvgIpc) is 3.37. The maximum Gasteiger partial charge on any atom is 0.0598 e. The smallest absolute Gasteiger partial charge is 0.0598 e. The van der Waals surface area contributed by atoms with Gasteiger partial charge in [0.1, 0.15) is 0 Å². The molecule has 0 fully saturated rings. The Morgan fingerprint density at radius 1 is 0.774 bits per heavy atom. The molecule has 0 N–H and O–H groups in total. The fraction of sp³-hybridized carbons (Fsp3) is 0.448. The van der Waals surface area contributed by atoms with Gasteiger partial charge < -0.3 is 4.74 Å². The van der Waals surface area contributed by atoms with Crippen LogP contribution in [0.25, 0.3) is 12.2 Å². The SMILES string of the molecule is CC(C)(C)OCCCCCC[SiH2]C(C1C=Cc2ccccc21)C1C=Cc2ccccc21. The highest BCUT2D eigenvalue weighted by atomic mass is 28.2. The lowest BCUT2D eigenvalue weighted by atomic mass is 9.86. The molecule has 0 amide bonds. The molecule has 4 rings (SSSR count). The summed E-state index contributed by atoms with van der Waals surface area (Å²) < 4.78 is 5.87. The predicted molar refractivity (Wildman–Crippen MR) is 138 cm³/mol. The molecule has 0 bridgehead atoms. The molecular formula is C29H38OSi. The molecular weight excluding hydrogens is 392 g/mol. The van der Waals surface area contributed by atoms with Crippen LogP contribution in [0.15, 0.2) is 60.7 Å². The van der Waals surface area contributed by atoms with Crippen LogP contribution in [-0.4, -0.2) is 21.7 Å². The minimum Gasteiger partial charge on any atom is -0.376 e. The van der Waals surface area contributed by atoms with Gasteiger partial charge in [-0.2, -0.15) is 0 Å². The van der Waals surface area contributed by atoms with Crippen molar-refractivity contribution < 1.29 is 4.74 Å². The number of rotatable bonds is 10. The van der Waals surface area contributed by atoms with Gasteiger partial charge in [-0.1, -0.05) is 98.1 Å². The van der Waals surface area contributed by atoms with Crippen LogP contribution in [0.5, 0.6) is 0 Å². The zero-order valence-electron chi connectivity index (χ0n) is 19.5. The van der Waals surface area contributed by atoms with Gasteiger partial charge in [0.25, 0.3) is 0 Å². The first-order valence-corrected chi connectivity index (χ1v) is 14.0. The van der Waals surface area contributed by atoms with Crippen LogP contribution in [0, 0.1) is 0 Å². The van der Waals surface area contributed by atoms with Crippen LogP contribution in [0.4, 0.5) is 0 Å². The largest absolute Gasteiger partial charge is 0.376 e. The van der Waals surface area contributed by atoms with E-state index in [-0.39, 0.29) is 15.1 Å². The molecule has 2 aromatic rings. The Balaban J connectivity index is 1.36. The van der Waals surface area contributed by atoms with Gasteiger partial charge in [0.15, 0.2) is 0 Å². The van der Waals surface area contributed by atoms with Crippen molar-refractivity contribution in [2.45, 2.75) is 75.5 Å². The molecule has 0 spiro atoms. The summed E-state index contributed by atoms with van der Waals surface area (Å²) in [4.78, 5) is 0. The summed E-state index contributed by atoms with van der Waals surface area (Å²) in [6, 6.07) is 19.5. The van der Waals surface area contributed by atoms with Gasteiger partial charge in [-0.25, -0.2) is 0 Å². The maximum absolute atomic E-state index is 5.87. The van der Waals surface area contributed by atoms with Crippen LogP contribution in [0.3, 0.4) is 0 Å². The van der Waals surface area contributed by atoms with Crippen LogP contribution in [0.2, 0.25) is 11.6 Å². The van der Waals surface area contributed by atoms with E-state index in [9.17, 15) is 0 Å². The number of fused-ring (bicyclic) bond motifs is 2. The molecule has 2 atom stereocenters. The van der Waals surface area contributed by atoms with Gasteiger partial charge in [-0.15, -0.1) is 0 Å². The molecule has 2 heteroatoms. The third-order valence-electron chi connectivity index (χ3n) is 6.82. The monoisotopic (exact) mass is 430 g/mol. The summed E-state index contributed by atoms with van der Waals surface area (Å²) >= 11 is 0. The summed E-state index contributed by atoms with van der Waals surface area (Å²) in [6.45, 7) is 7.33. The molecule has 2 aliphatic rings. The summed E-state index contributed by atoms with van der Waals surface area (Å²) in [7, 11) is -0.208. The minimum atomic E-state index is -0.208. The van der Waals surface area contributed by atoms with E-state index in [0.29, 0.717) is 11.8 Å². The zero-order valence-corrected chi connectivity index (χ0v) is 20.9. The van der Waals surface area contributed by atoms with E-state index >= 15 is 0 Å². The first kappa shape index (κ1) is 22.3. The number of allylic oxidation sites excluding steroid dienone is 2. The van der Waals surface area contributed by atoms with Crippen molar-refractivity contribution in [2.75, 3.05) is 6.61 Å². The van der Waals surface area contributed by atoms with Crippen molar-refractivity contribution in [1.29, 1.82) is 0 Å². The minimum absolute atomic E-state index is 0.00365. The predicted octanol–water partition coefficient (Wildman–Crippen LogP) is 7.36. The molecule has 0 saturated heterocycles. The third kappa shape index (κ3) is 5.67. The number of ether oxygens (including phenoxy) is 1. The highest BCUT2D eigenvalue weighted by molar-refractivity contribution is 6.38. The van der Waals surface area contributed by atoms with Crippen LogP contribution in [0.1, 0.15) is 80.5 Å². The van der Waals surface area contributed by atoms with Gasteiger partial charge in [0, 0.05) is 28.0 Å². The van der Waals surface area contributed by atoms with E-state index in [0.717, 1.165) is 12.1 Å². The van der Waals surface area contributed by atoms with Crippen molar-refractivity contribution >= 4 is 21.7 Å². The van der Waals surface area contributed by atoms with Crippen molar-refractivity contribution in [1.82, 2.24) is 0 Å².